The number of aldehydes is 1. The van der Waals surface area contributed by atoms with Crippen molar-refractivity contribution >= 4 is 18.0 Å². The van der Waals surface area contributed by atoms with Crippen molar-refractivity contribution in [1.82, 2.24) is 0 Å². The molecule has 11 N–H and O–H groups in total. The zero-order valence-electron chi connectivity index (χ0n) is 17.7. The number of carbonyl (C=O) groups is 1. The molecule has 0 unspecified atom stereocenters. The standard InChI is InChI=1S/C18H32O15S/c19-1-5(23)9(25)16(6(24)2-20)34-18-14(30)12(28)15(8(4-22)32-18)33-17-13(29)11(27)10(26)7(3-21)31-17/h1,5-18,20-30H,2-4H2/t5-,6+,7+,8+,9+,10+,11-,12+,13+,14+,15+,16+,17-,18-/m0/s1. The summed E-state index contributed by atoms with van der Waals surface area (Å²) < 4.78 is 16.1. The van der Waals surface area contributed by atoms with Crippen LogP contribution in [0.4, 0.5) is 0 Å². The van der Waals surface area contributed by atoms with Crippen LogP contribution in [0.15, 0.2) is 0 Å². The topological polar surface area (TPSA) is 267 Å². The van der Waals surface area contributed by atoms with E-state index in [-0.39, 0.29) is 6.29 Å². The second kappa shape index (κ2) is 13.1. The highest BCUT2D eigenvalue weighted by Gasteiger charge is 2.51. The number of aliphatic hydroxyl groups is 11. The normalized spacial score (nSPS) is 42.6. The zero-order chi connectivity index (χ0) is 25.7. The lowest BCUT2D eigenvalue weighted by Crippen LogP contribution is -2.64. The minimum Gasteiger partial charge on any atom is -0.394 e. The summed E-state index contributed by atoms with van der Waals surface area (Å²) in [4.78, 5) is 10.8. The molecule has 34 heavy (non-hydrogen) atoms. The average molecular weight is 521 g/mol. The van der Waals surface area contributed by atoms with Crippen molar-refractivity contribution in [2.75, 3.05) is 19.8 Å². The molecule has 2 saturated heterocycles. The van der Waals surface area contributed by atoms with Crippen LogP contribution in [-0.4, -0.2) is 166 Å². The fourth-order valence-corrected chi connectivity index (χ4v) is 5.03. The van der Waals surface area contributed by atoms with Gasteiger partial charge in [0.05, 0.1) is 31.2 Å². The lowest BCUT2D eigenvalue weighted by atomic mass is 9.97. The third-order valence-electron chi connectivity index (χ3n) is 5.64. The Balaban J connectivity index is 2.17. The highest BCUT2D eigenvalue weighted by atomic mass is 32.2. The molecule has 0 saturated carbocycles. The molecule has 2 heterocycles. The fraction of sp³-hybridized carbons (Fsp3) is 0.944. The van der Waals surface area contributed by atoms with Gasteiger partial charge in [-0.2, -0.15) is 0 Å². The van der Waals surface area contributed by atoms with Crippen LogP contribution < -0.4 is 0 Å². The maximum Gasteiger partial charge on any atom is 0.187 e. The predicted molar refractivity (Wildman–Crippen MR) is 109 cm³/mol. The van der Waals surface area contributed by atoms with E-state index in [1.165, 1.54) is 0 Å². The van der Waals surface area contributed by atoms with Crippen LogP contribution in [0, 0.1) is 0 Å². The van der Waals surface area contributed by atoms with Crippen molar-refractivity contribution in [2.24, 2.45) is 0 Å². The van der Waals surface area contributed by atoms with Gasteiger partial charge < -0.3 is 75.2 Å². The van der Waals surface area contributed by atoms with Crippen LogP contribution >= 0.6 is 11.8 Å². The van der Waals surface area contributed by atoms with Gasteiger partial charge in [0.15, 0.2) is 12.6 Å². The maximum absolute atomic E-state index is 10.8. The molecule has 0 radical (unpaired) electrons. The van der Waals surface area contributed by atoms with Gasteiger partial charge in [0, 0.05) is 0 Å². The lowest BCUT2D eigenvalue weighted by Gasteiger charge is -2.46. The first kappa shape index (κ1) is 29.7. The monoisotopic (exact) mass is 520 g/mol. The van der Waals surface area contributed by atoms with Crippen LogP contribution in [-0.2, 0) is 19.0 Å². The summed E-state index contributed by atoms with van der Waals surface area (Å²) in [6.45, 7) is -2.45. The predicted octanol–water partition coefficient (Wildman–Crippen LogP) is -7.01. The van der Waals surface area contributed by atoms with Gasteiger partial charge in [-0.05, 0) is 0 Å². The van der Waals surface area contributed by atoms with Gasteiger partial charge in [-0.3, -0.25) is 0 Å². The molecule has 14 atom stereocenters. The Labute approximate surface area is 197 Å². The zero-order valence-corrected chi connectivity index (χ0v) is 18.6. The highest BCUT2D eigenvalue weighted by Crippen LogP contribution is 2.36. The Kier molecular flexibility index (Phi) is 11.5. The molecule has 200 valence electrons. The molecule has 0 amide bonds. The molecular weight excluding hydrogens is 488 g/mol. The maximum atomic E-state index is 10.8. The first-order valence-electron chi connectivity index (χ1n) is 10.4. The SMILES string of the molecule is O=C[C@H](O)[C@@H](O)[C@H](S[C@@H]1O[C@H](CO)[C@@H](O[C@@H]2O[C@H](CO)[C@@H](O)[C@H](O)[C@H]2O)[C@H](O)[C@H]1O)[C@H](O)CO. The summed E-state index contributed by atoms with van der Waals surface area (Å²) in [7, 11) is 0. The molecule has 2 fully saturated rings. The number of aliphatic hydroxyl groups excluding tert-OH is 11. The van der Waals surface area contributed by atoms with Crippen LogP contribution in [0.25, 0.3) is 0 Å². The van der Waals surface area contributed by atoms with Gasteiger partial charge >= 0.3 is 0 Å². The Morgan fingerprint density at radius 1 is 0.824 bits per heavy atom. The molecule has 15 nitrogen and oxygen atoms in total. The van der Waals surface area contributed by atoms with E-state index in [0.717, 1.165) is 0 Å². The van der Waals surface area contributed by atoms with Crippen molar-refractivity contribution < 1.29 is 75.2 Å². The van der Waals surface area contributed by atoms with Gasteiger partial charge in [-0.1, -0.05) is 0 Å². The van der Waals surface area contributed by atoms with Crippen molar-refractivity contribution in [3.8, 4) is 0 Å². The minimum atomic E-state index is -1.94. The highest BCUT2D eigenvalue weighted by molar-refractivity contribution is 8.00. The van der Waals surface area contributed by atoms with E-state index in [9.17, 15) is 61.0 Å². The van der Waals surface area contributed by atoms with Gasteiger partial charge in [-0.25, -0.2) is 0 Å². The van der Waals surface area contributed by atoms with E-state index in [2.05, 4.69) is 0 Å². The van der Waals surface area contributed by atoms with Crippen LogP contribution in [0.1, 0.15) is 0 Å². The van der Waals surface area contributed by atoms with Crippen molar-refractivity contribution in [3.05, 3.63) is 0 Å². The number of carbonyl (C=O) groups excluding carboxylic acids is 1. The molecule has 0 spiro atoms. The van der Waals surface area contributed by atoms with E-state index in [1.807, 2.05) is 0 Å². The second-order valence-electron chi connectivity index (χ2n) is 7.97. The molecular formula is C18H32O15S. The Hall–Kier alpha value is -0.540. The molecule has 0 aromatic heterocycles. The minimum absolute atomic E-state index is 0.00376. The smallest absolute Gasteiger partial charge is 0.187 e. The molecule has 2 rings (SSSR count). The second-order valence-corrected chi connectivity index (χ2v) is 9.25. The summed E-state index contributed by atoms with van der Waals surface area (Å²) in [6, 6.07) is 0. The van der Waals surface area contributed by atoms with E-state index in [1.54, 1.807) is 0 Å². The summed E-state index contributed by atoms with van der Waals surface area (Å²) in [6.07, 6.45) is -20.5. The molecule has 2 aliphatic heterocycles. The van der Waals surface area contributed by atoms with Gasteiger partial charge in [0.2, 0.25) is 0 Å². The van der Waals surface area contributed by atoms with Crippen LogP contribution in [0.3, 0.4) is 0 Å². The Morgan fingerprint density at radius 2 is 1.44 bits per heavy atom. The average Bonchev–Trinajstić information content (AvgIpc) is 2.84. The molecule has 0 aromatic rings. The fourth-order valence-electron chi connectivity index (χ4n) is 3.60. The largest absolute Gasteiger partial charge is 0.394 e. The molecule has 2 aliphatic rings. The van der Waals surface area contributed by atoms with Gasteiger partial charge in [0.1, 0.15) is 66.5 Å². The van der Waals surface area contributed by atoms with Crippen LogP contribution in [0.5, 0.6) is 0 Å². The Morgan fingerprint density at radius 3 is 1.97 bits per heavy atom. The number of rotatable bonds is 11. The summed E-state index contributed by atoms with van der Waals surface area (Å²) in [5, 5.41) is 108. The van der Waals surface area contributed by atoms with Crippen molar-refractivity contribution in [3.63, 3.8) is 0 Å². The summed E-state index contributed by atoms with van der Waals surface area (Å²) >= 11 is 0.470. The third kappa shape index (κ3) is 6.41. The van der Waals surface area contributed by atoms with Crippen LogP contribution in [0.2, 0.25) is 0 Å². The van der Waals surface area contributed by atoms with E-state index in [0.29, 0.717) is 11.8 Å². The van der Waals surface area contributed by atoms with Crippen molar-refractivity contribution in [1.29, 1.82) is 0 Å². The first-order valence-corrected chi connectivity index (χ1v) is 11.3. The molecule has 0 aromatic carbocycles. The third-order valence-corrected chi connectivity index (χ3v) is 7.21. The van der Waals surface area contributed by atoms with Crippen molar-refractivity contribution in [2.45, 2.75) is 84.1 Å². The summed E-state index contributed by atoms with van der Waals surface area (Å²) in [5.41, 5.74) is -1.47. The summed E-state index contributed by atoms with van der Waals surface area (Å²) in [5.74, 6) is 0. The lowest BCUT2D eigenvalue weighted by molar-refractivity contribution is -0.338. The quantitative estimate of drug-likeness (QED) is 0.113. The molecule has 0 bridgehead atoms. The van der Waals surface area contributed by atoms with E-state index in [4.69, 9.17) is 14.2 Å². The molecule has 16 heteroatoms. The number of hydrogen-bond donors (Lipinski definition) is 11. The Bertz CT molecular complexity index is 626. The first-order chi connectivity index (χ1) is 16.0. The van der Waals surface area contributed by atoms with Gasteiger partial charge in [-0.15, -0.1) is 11.8 Å². The number of ether oxygens (including phenoxy) is 3. The molecule has 0 aliphatic carbocycles. The number of hydrogen-bond acceptors (Lipinski definition) is 16. The van der Waals surface area contributed by atoms with E-state index >= 15 is 0 Å². The van der Waals surface area contributed by atoms with E-state index < -0.39 is 104 Å². The number of thioether (sulfide) groups is 1. The van der Waals surface area contributed by atoms with Gasteiger partial charge in [0.25, 0.3) is 0 Å².